The summed E-state index contributed by atoms with van der Waals surface area (Å²) in [6.07, 6.45) is -0.798. The molecule has 0 aromatic heterocycles. The van der Waals surface area contributed by atoms with Gasteiger partial charge in [0.05, 0.1) is 19.7 Å². The van der Waals surface area contributed by atoms with Crippen LogP contribution in [0.4, 0.5) is 10.5 Å². The van der Waals surface area contributed by atoms with Crippen molar-refractivity contribution >= 4 is 23.6 Å². The molecular weight excluding hydrogens is 330 g/mol. The monoisotopic (exact) mass is 351 g/mol. The number of alkyl carbamates (subject to hydrolysis) is 1. The Bertz CT molecular complexity index is 649. The zero-order valence-electron chi connectivity index (χ0n) is 14.2. The van der Waals surface area contributed by atoms with Crippen molar-refractivity contribution in [3.63, 3.8) is 0 Å². The zero-order valence-corrected chi connectivity index (χ0v) is 14.2. The molecule has 1 aromatic rings. The Labute approximate surface area is 145 Å². The molecule has 1 aromatic carbocycles. The first-order valence-electron chi connectivity index (χ1n) is 7.90. The Morgan fingerprint density at radius 3 is 2.56 bits per heavy atom. The van der Waals surface area contributed by atoms with Crippen LogP contribution in [0.25, 0.3) is 0 Å². The van der Waals surface area contributed by atoms with Crippen LogP contribution in [0.1, 0.15) is 13.8 Å². The molecule has 0 aliphatic carbocycles. The highest BCUT2D eigenvalue weighted by Gasteiger charge is 2.17. The second-order valence-corrected chi connectivity index (χ2v) is 5.19. The Morgan fingerprint density at radius 1 is 1.12 bits per heavy atom. The van der Waals surface area contributed by atoms with Crippen molar-refractivity contribution in [2.75, 3.05) is 38.4 Å². The van der Waals surface area contributed by atoms with Gasteiger partial charge in [-0.3, -0.25) is 19.8 Å². The molecule has 1 heterocycles. The molecule has 136 valence electrons. The molecule has 0 spiro atoms. The summed E-state index contributed by atoms with van der Waals surface area (Å²) in [5.41, 5.74) is 0.571. The molecule has 9 nitrogen and oxygen atoms in total. The van der Waals surface area contributed by atoms with Crippen molar-refractivity contribution < 1.29 is 28.6 Å². The summed E-state index contributed by atoms with van der Waals surface area (Å²) >= 11 is 0. The van der Waals surface area contributed by atoms with Crippen LogP contribution < -0.4 is 20.1 Å². The maximum Gasteiger partial charge on any atom is 0.413 e. The molecule has 9 heteroatoms. The fourth-order valence-electron chi connectivity index (χ4n) is 2.18. The number of nitrogens with one attached hydrogen (secondary N) is 2. The number of hydrogen-bond donors (Lipinski definition) is 2. The van der Waals surface area contributed by atoms with Gasteiger partial charge in [-0.15, -0.1) is 0 Å². The third kappa shape index (κ3) is 5.64. The van der Waals surface area contributed by atoms with E-state index in [0.29, 0.717) is 23.7 Å². The first kappa shape index (κ1) is 18.5. The molecular formula is C16H21N3O6. The number of rotatable bonds is 7. The van der Waals surface area contributed by atoms with Crippen molar-refractivity contribution in [2.24, 2.45) is 0 Å². The first-order chi connectivity index (χ1) is 12.0. The van der Waals surface area contributed by atoms with Crippen molar-refractivity contribution in [3.8, 4) is 11.5 Å². The van der Waals surface area contributed by atoms with Gasteiger partial charge in [0.2, 0.25) is 18.6 Å². The van der Waals surface area contributed by atoms with Gasteiger partial charge in [-0.25, -0.2) is 4.79 Å². The molecule has 0 saturated heterocycles. The lowest BCUT2D eigenvalue weighted by molar-refractivity contribution is -0.122. The molecule has 3 amide bonds. The quantitative estimate of drug-likeness (QED) is 0.753. The fraction of sp³-hybridized carbons (Fsp3) is 0.438. The SMILES string of the molecule is CCOC(=O)NC(=O)CN(CC)CC(=O)Nc1ccc2c(c1)OCO2. The van der Waals surface area contributed by atoms with Gasteiger partial charge in [-0.1, -0.05) is 6.92 Å². The molecule has 2 N–H and O–H groups in total. The van der Waals surface area contributed by atoms with Crippen LogP contribution in [0.15, 0.2) is 18.2 Å². The van der Waals surface area contributed by atoms with Crippen LogP contribution in [-0.4, -0.2) is 55.8 Å². The van der Waals surface area contributed by atoms with Gasteiger partial charge in [0.25, 0.3) is 0 Å². The highest BCUT2D eigenvalue weighted by molar-refractivity contribution is 5.94. The van der Waals surface area contributed by atoms with Crippen molar-refractivity contribution in [1.82, 2.24) is 10.2 Å². The van der Waals surface area contributed by atoms with Crippen LogP contribution in [0.2, 0.25) is 0 Å². The minimum Gasteiger partial charge on any atom is -0.454 e. The highest BCUT2D eigenvalue weighted by atomic mass is 16.7. The number of carbonyl (C=O) groups is 3. The summed E-state index contributed by atoms with van der Waals surface area (Å²) in [5, 5.41) is 4.82. The van der Waals surface area contributed by atoms with Gasteiger partial charge < -0.3 is 19.5 Å². The zero-order chi connectivity index (χ0) is 18.2. The summed E-state index contributed by atoms with van der Waals surface area (Å²) in [7, 11) is 0. The lowest BCUT2D eigenvalue weighted by atomic mass is 10.2. The second-order valence-electron chi connectivity index (χ2n) is 5.19. The molecule has 0 fully saturated rings. The van der Waals surface area contributed by atoms with Crippen LogP contribution in [-0.2, 0) is 14.3 Å². The number of fused-ring (bicyclic) bond motifs is 1. The average molecular weight is 351 g/mol. The van der Waals surface area contributed by atoms with E-state index in [1.54, 1.807) is 30.0 Å². The summed E-state index contributed by atoms with van der Waals surface area (Å²) in [6.45, 7) is 4.16. The van der Waals surface area contributed by atoms with E-state index in [4.69, 9.17) is 9.47 Å². The van der Waals surface area contributed by atoms with Gasteiger partial charge in [-0.05, 0) is 25.6 Å². The van der Waals surface area contributed by atoms with Crippen LogP contribution in [0.5, 0.6) is 11.5 Å². The predicted molar refractivity (Wildman–Crippen MR) is 88.5 cm³/mol. The molecule has 1 aliphatic heterocycles. The first-order valence-corrected chi connectivity index (χ1v) is 7.90. The third-order valence-electron chi connectivity index (χ3n) is 3.35. The number of imide groups is 1. The molecule has 0 radical (unpaired) electrons. The maximum absolute atomic E-state index is 12.1. The molecule has 25 heavy (non-hydrogen) atoms. The van der Waals surface area contributed by atoms with Crippen LogP contribution in [0, 0.1) is 0 Å². The highest BCUT2D eigenvalue weighted by Crippen LogP contribution is 2.34. The Kier molecular flexibility index (Phi) is 6.58. The number of nitrogens with zero attached hydrogens (tertiary/aromatic N) is 1. The molecule has 2 rings (SSSR count). The minimum absolute atomic E-state index is 0.00118. The van der Waals surface area contributed by atoms with Gasteiger partial charge >= 0.3 is 6.09 Å². The molecule has 1 aliphatic rings. The number of benzene rings is 1. The van der Waals surface area contributed by atoms with E-state index in [0.717, 1.165) is 0 Å². The molecule has 0 bridgehead atoms. The number of ether oxygens (including phenoxy) is 3. The lowest BCUT2D eigenvalue weighted by Gasteiger charge is -2.19. The summed E-state index contributed by atoms with van der Waals surface area (Å²) in [6, 6.07) is 5.08. The van der Waals surface area contributed by atoms with E-state index in [2.05, 4.69) is 15.4 Å². The van der Waals surface area contributed by atoms with E-state index >= 15 is 0 Å². The second kappa shape index (κ2) is 8.88. The van der Waals surface area contributed by atoms with Crippen molar-refractivity contribution in [1.29, 1.82) is 0 Å². The largest absolute Gasteiger partial charge is 0.454 e. The Hall–Kier alpha value is -2.81. The average Bonchev–Trinajstić information content (AvgIpc) is 3.01. The van der Waals surface area contributed by atoms with Gasteiger partial charge in [0, 0.05) is 11.8 Å². The molecule has 0 atom stereocenters. The molecule has 0 saturated carbocycles. The number of amides is 3. The van der Waals surface area contributed by atoms with E-state index < -0.39 is 12.0 Å². The third-order valence-corrected chi connectivity index (χ3v) is 3.35. The summed E-state index contributed by atoms with van der Waals surface area (Å²) in [5.74, 6) is 0.378. The Balaban J connectivity index is 1.83. The van der Waals surface area contributed by atoms with E-state index in [9.17, 15) is 14.4 Å². The summed E-state index contributed by atoms with van der Waals surface area (Å²) in [4.78, 5) is 36.7. The number of hydrogen-bond acceptors (Lipinski definition) is 7. The van der Waals surface area contributed by atoms with Crippen molar-refractivity contribution in [2.45, 2.75) is 13.8 Å². The van der Waals surface area contributed by atoms with E-state index in [-0.39, 0.29) is 32.4 Å². The fourth-order valence-corrected chi connectivity index (χ4v) is 2.18. The topological polar surface area (TPSA) is 106 Å². The van der Waals surface area contributed by atoms with Crippen molar-refractivity contribution in [3.05, 3.63) is 18.2 Å². The standard InChI is InChI=1S/C16H21N3O6/c1-3-19(9-15(21)18-16(22)23-4-2)8-14(20)17-11-5-6-12-13(7-11)25-10-24-12/h5-7H,3-4,8-10H2,1-2H3,(H,17,20)(H,18,21,22). The lowest BCUT2D eigenvalue weighted by Crippen LogP contribution is -2.43. The number of carbonyl (C=O) groups excluding carboxylic acids is 3. The normalized spacial score (nSPS) is 12.0. The predicted octanol–water partition coefficient (Wildman–Crippen LogP) is 0.948. The minimum atomic E-state index is -0.798. The van der Waals surface area contributed by atoms with Gasteiger partial charge in [0.15, 0.2) is 11.5 Å². The molecule has 0 unspecified atom stereocenters. The number of anilines is 1. The Morgan fingerprint density at radius 2 is 1.84 bits per heavy atom. The van der Waals surface area contributed by atoms with Gasteiger partial charge in [-0.2, -0.15) is 0 Å². The van der Waals surface area contributed by atoms with Crippen LogP contribution >= 0.6 is 0 Å². The smallest absolute Gasteiger partial charge is 0.413 e. The number of likely N-dealkylation sites (N-methyl/N-ethyl adjacent to an activating group) is 1. The summed E-state index contributed by atoms with van der Waals surface area (Å²) < 4.78 is 15.1. The maximum atomic E-state index is 12.1. The van der Waals surface area contributed by atoms with E-state index in [1.165, 1.54) is 0 Å². The van der Waals surface area contributed by atoms with Crippen LogP contribution in [0.3, 0.4) is 0 Å². The van der Waals surface area contributed by atoms with E-state index in [1.807, 2.05) is 6.92 Å². The van der Waals surface area contributed by atoms with Gasteiger partial charge in [0.1, 0.15) is 0 Å².